The van der Waals surface area contributed by atoms with E-state index in [9.17, 15) is 9.59 Å². The molecule has 3 aromatic rings. The van der Waals surface area contributed by atoms with Crippen molar-refractivity contribution in [3.05, 3.63) is 83.7 Å². The first kappa shape index (κ1) is 22.6. The summed E-state index contributed by atoms with van der Waals surface area (Å²) in [7, 11) is 0. The van der Waals surface area contributed by atoms with Crippen LogP contribution in [0.5, 0.6) is 0 Å². The van der Waals surface area contributed by atoms with Crippen LogP contribution in [0.3, 0.4) is 0 Å². The number of carbonyl (C=O) groups is 2. The molecule has 7 nitrogen and oxygen atoms in total. The van der Waals surface area contributed by atoms with E-state index in [1.807, 2.05) is 41.8 Å². The third-order valence-electron chi connectivity index (χ3n) is 4.30. The maximum absolute atomic E-state index is 12.6. The monoisotopic (exact) mass is 455 g/mol. The molecule has 2 amide bonds. The predicted octanol–water partition coefficient (Wildman–Crippen LogP) is 4.34. The first-order valence-corrected chi connectivity index (χ1v) is 10.9. The average molecular weight is 456 g/mol. The van der Waals surface area contributed by atoms with Crippen molar-refractivity contribution in [3.63, 3.8) is 0 Å². The van der Waals surface area contributed by atoms with Gasteiger partial charge in [-0.3, -0.25) is 9.59 Å². The smallest absolute Gasteiger partial charge is 0.253 e. The fourth-order valence-corrected chi connectivity index (χ4v) is 3.84. The normalized spacial score (nSPS) is 11.5. The quantitative estimate of drug-likeness (QED) is 0.370. The molecule has 0 bridgehead atoms. The maximum atomic E-state index is 12.6. The summed E-state index contributed by atoms with van der Waals surface area (Å²) in [6, 6.07) is 15.7. The van der Waals surface area contributed by atoms with Crippen molar-refractivity contribution in [2.75, 3.05) is 11.1 Å². The molecule has 0 fully saturated rings. The van der Waals surface area contributed by atoms with Gasteiger partial charge in [0.15, 0.2) is 11.0 Å². The Bertz CT molecular complexity index is 1070. The van der Waals surface area contributed by atoms with Crippen LogP contribution < -0.4 is 10.6 Å². The predicted molar refractivity (Wildman–Crippen MR) is 123 cm³/mol. The lowest BCUT2D eigenvalue weighted by atomic mass is 10.2. The lowest BCUT2D eigenvalue weighted by Crippen LogP contribution is -2.29. The highest BCUT2D eigenvalue weighted by molar-refractivity contribution is 7.99. The number of allylic oxidation sites excluding steroid dienone is 1. The zero-order valence-electron chi connectivity index (χ0n) is 16.9. The van der Waals surface area contributed by atoms with Crippen LogP contribution in [0.4, 0.5) is 5.69 Å². The highest BCUT2D eigenvalue weighted by atomic mass is 35.5. The highest BCUT2D eigenvalue weighted by Crippen LogP contribution is 2.22. The minimum Gasteiger partial charge on any atom is -0.342 e. The van der Waals surface area contributed by atoms with E-state index in [0.717, 1.165) is 5.69 Å². The third kappa shape index (κ3) is 5.96. The van der Waals surface area contributed by atoms with E-state index in [1.165, 1.54) is 11.8 Å². The Balaban J connectivity index is 1.67. The third-order valence-corrected chi connectivity index (χ3v) is 5.60. The van der Waals surface area contributed by atoms with E-state index < -0.39 is 6.04 Å². The Morgan fingerprint density at radius 2 is 1.87 bits per heavy atom. The molecule has 160 valence electrons. The summed E-state index contributed by atoms with van der Waals surface area (Å²) < 4.78 is 1.82. The van der Waals surface area contributed by atoms with Gasteiger partial charge in [0.25, 0.3) is 5.91 Å². The van der Waals surface area contributed by atoms with Gasteiger partial charge >= 0.3 is 0 Å². The summed E-state index contributed by atoms with van der Waals surface area (Å²) in [5.41, 5.74) is 1.12. The number of rotatable bonds is 9. The van der Waals surface area contributed by atoms with Gasteiger partial charge in [-0.25, -0.2) is 0 Å². The molecule has 0 radical (unpaired) electrons. The molecule has 0 aliphatic rings. The molecule has 0 aliphatic heterocycles. The van der Waals surface area contributed by atoms with Crippen molar-refractivity contribution in [1.29, 1.82) is 0 Å². The molecule has 31 heavy (non-hydrogen) atoms. The van der Waals surface area contributed by atoms with E-state index in [-0.39, 0.29) is 17.6 Å². The molecule has 0 saturated carbocycles. The number of nitrogens with zero attached hydrogens (tertiary/aromatic N) is 3. The Kier molecular flexibility index (Phi) is 7.86. The zero-order valence-corrected chi connectivity index (χ0v) is 18.5. The second-order valence-electron chi connectivity index (χ2n) is 6.62. The van der Waals surface area contributed by atoms with Crippen molar-refractivity contribution in [2.24, 2.45) is 0 Å². The molecule has 0 aliphatic carbocycles. The van der Waals surface area contributed by atoms with Crippen LogP contribution in [0, 0.1) is 0 Å². The Morgan fingerprint density at radius 3 is 2.58 bits per heavy atom. The lowest BCUT2D eigenvalue weighted by molar-refractivity contribution is -0.113. The number of anilines is 1. The Morgan fingerprint density at radius 1 is 1.16 bits per heavy atom. The largest absolute Gasteiger partial charge is 0.342 e. The van der Waals surface area contributed by atoms with Gasteiger partial charge in [-0.1, -0.05) is 59.8 Å². The molecule has 0 unspecified atom stereocenters. The number of hydrogen-bond donors (Lipinski definition) is 2. The number of nitrogens with one attached hydrogen (secondary N) is 2. The van der Waals surface area contributed by atoms with Crippen molar-refractivity contribution in [1.82, 2.24) is 20.1 Å². The van der Waals surface area contributed by atoms with E-state index in [0.29, 0.717) is 28.1 Å². The zero-order chi connectivity index (χ0) is 22.2. The number of benzene rings is 2. The van der Waals surface area contributed by atoms with Gasteiger partial charge in [-0.05, 0) is 31.2 Å². The topological polar surface area (TPSA) is 88.9 Å². The Hall–Kier alpha value is -3.10. The fraction of sp³-hybridized carbons (Fsp3) is 0.182. The van der Waals surface area contributed by atoms with E-state index in [2.05, 4.69) is 27.4 Å². The number of aromatic nitrogens is 3. The number of para-hydroxylation sites is 1. The molecule has 3 rings (SSSR count). The molecule has 1 aromatic heterocycles. The first-order valence-electron chi connectivity index (χ1n) is 9.56. The van der Waals surface area contributed by atoms with E-state index in [1.54, 1.807) is 30.3 Å². The van der Waals surface area contributed by atoms with Crippen LogP contribution in [0.25, 0.3) is 0 Å². The molecule has 1 heterocycles. The summed E-state index contributed by atoms with van der Waals surface area (Å²) in [4.78, 5) is 24.8. The summed E-state index contributed by atoms with van der Waals surface area (Å²) in [6.45, 7) is 6.03. The van der Waals surface area contributed by atoms with Gasteiger partial charge in [-0.2, -0.15) is 0 Å². The fourth-order valence-electron chi connectivity index (χ4n) is 2.86. The van der Waals surface area contributed by atoms with Crippen molar-refractivity contribution in [2.45, 2.75) is 24.7 Å². The summed E-state index contributed by atoms with van der Waals surface area (Å²) >= 11 is 7.38. The number of carbonyl (C=O) groups excluding carboxylic acids is 2. The van der Waals surface area contributed by atoms with Crippen LogP contribution in [-0.2, 0) is 11.3 Å². The number of hydrogen-bond acceptors (Lipinski definition) is 5. The lowest BCUT2D eigenvalue weighted by Gasteiger charge is -2.15. The van der Waals surface area contributed by atoms with E-state index in [4.69, 9.17) is 11.6 Å². The molecule has 0 saturated heterocycles. The SMILES string of the molecule is C=CCn1c(SCC(=O)Nc2ccccc2)nnc1[C@H](C)NC(=O)c1ccccc1Cl. The second-order valence-corrected chi connectivity index (χ2v) is 7.97. The number of halogens is 1. The van der Waals surface area contributed by atoms with Crippen molar-refractivity contribution >= 4 is 40.9 Å². The number of thioether (sulfide) groups is 1. The van der Waals surface area contributed by atoms with Gasteiger partial charge in [0.2, 0.25) is 5.91 Å². The maximum Gasteiger partial charge on any atom is 0.253 e. The molecular weight excluding hydrogens is 434 g/mol. The molecular formula is C22H22ClN5O2S. The standard InChI is InChI=1S/C22H22ClN5O2S/c1-3-13-28-20(15(2)24-21(30)17-11-7-8-12-18(17)23)26-27-22(28)31-14-19(29)25-16-9-5-4-6-10-16/h3-12,15H,1,13-14H2,2H3,(H,24,30)(H,25,29)/t15-/m0/s1. The van der Waals surface area contributed by atoms with Crippen LogP contribution in [0.2, 0.25) is 5.02 Å². The summed E-state index contributed by atoms with van der Waals surface area (Å²) in [6.07, 6.45) is 1.71. The Labute approximate surface area is 189 Å². The summed E-state index contributed by atoms with van der Waals surface area (Å²) in [5.74, 6) is 0.282. The minimum atomic E-state index is -0.427. The van der Waals surface area contributed by atoms with Gasteiger partial charge in [0.1, 0.15) is 0 Å². The molecule has 2 N–H and O–H groups in total. The molecule has 9 heteroatoms. The van der Waals surface area contributed by atoms with Gasteiger partial charge in [-0.15, -0.1) is 16.8 Å². The first-order chi connectivity index (χ1) is 15.0. The second kappa shape index (κ2) is 10.8. The van der Waals surface area contributed by atoms with Crippen LogP contribution in [0.15, 0.2) is 72.4 Å². The average Bonchev–Trinajstić information content (AvgIpc) is 3.16. The van der Waals surface area contributed by atoms with Crippen LogP contribution in [0.1, 0.15) is 29.1 Å². The van der Waals surface area contributed by atoms with Gasteiger partial charge in [0.05, 0.1) is 22.4 Å². The highest BCUT2D eigenvalue weighted by Gasteiger charge is 2.21. The minimum absolute atomic E-state index is 0.147. The number of amides is 2. The van der Waals surface area contributed by atoms with Crippen LogP contribution in [-0.4, -0.2) is 32.3 Å². The van der Waals surface area contributed by atoms with Crippen molar-refractivity contribution in [3.8, 4) is 0 Å². The van der Waals surface area contributed by atoms with Gasteiger partial charge in [0, 0.05) is 12.2 Å². The molecule has 0 spiro atoms. The van der Waals surface area contributed by atoms with Crippen LogP contribution >= 0.6 is 23.4 Å². The molecule has 1 atom stereocenters. The summed E-state index contributed by atoms with van der Waals surface area (Å²) in [5, 5.41) is 15.1. The van der Waals surface area contributed by atoms with Gasteiger partial charge < -0.3 is 15.2 Å². The van der Waals surface area contributed by atoms with E-state index >= 15 is 0 Å². The molecule has 2 aromatic carbocycles. The van der Waals surface area contributed by atoms with Crippen molar-refractivity contribution < 1.29 is 9.59 Å².